The number of likely N-dealkylation sites (N-methyl/N-ethyl adjacent to an activating group) is 1. The van der Waals surface area contributed by atoms with Gasteiger partial charge in [-0.3, -0.25) is 10.1 Å². The lowest BCUT2D eigenvalue weighted by Crippen LogP contribution is -2.25. The Hall–Kier alpha value is -3.13. The first kappa shape index (κ1) is 26.5. The monoisotopic (exact) mass is 559 g/mol. The second kappa shape index (κ2) is 11.3. The number of thiazole rings is 1. The van der Waals surface area contributed by atoms with Gasteiger partial charge >= 0.3 is 0 Å². The van der Waals surface area contributed by atoms with Crippen LogP contribution in [0.2, 0.25) is 0 Å². The van der Waals surface area contributed by atoms with Crippen molar-refractivity contribution < 1.29 is 27.5 Å². The first-order valence-corrected chi connectivity index (χ1v) is 14.7. The quantitative estimate of drug-likeness (QED) is 0.278. The molecule has 2 aliphatic rings. The van der Waals surface area contributed by atoms with Gasteiger partial charge in [-0.05, 0) is 39.1 Å². The number of fused-ring (bicyclic) bond motifs is 1. The van der Waals surface area contributed by atoms with E-state index in [4.69, 9.17) is 14.3 Å². The minimum atomic E-state index is -3.35. The number of hydrogen-bond donors (Lipinski definition) is 1. The maximum absolute atomic E-state index is 13.4. The molecular formula is C25H29N5O6S2. The molecule has 0 radical (unpaired) electrons. The Labute approximate surface area is 224 Å². The van der Waals surface area contributed by atoms with E-state index in [0.29, 0.717) is 65.9 Å². The number of rotatable bonds is 11. The molecule has 1 atom stereocenters. The molecule has 1 aliphatic carbocycles. The van der Waals surface area contributed by atoms with Crippen LogP contribution in [0.15, 0.2) is 46.6 Å². The van der Waals surface area contributed by atoms with E-state index in [-0.39, 0.29) is 22.0 Å². The SMILES string of the molecule is CN(C)CCOc1ccnc2sc(NC(=O)/C(=N/O[C@@H]3CCOC3)c3ccc(S(=O)(=O)C4CC4)cc3)nc12. The fourth-order valence-electron chi connectivity index (χ4n) is 3.80. The number of pyridine rings is 1. The Morgan fingerprint density at radius 2 is 2.00 bits per heavy atom. The van der Waals surface area contributed by atoms with Crippen molar-refractivity contribution in [1.82, 2.24) is 14.9 Å². The summed E-state index contributed by atoms with van der Waals surface area (Å²) >= 11 is 1.21. The summed E-state index contributed by atoms with van der Waals surface area (Å²) in [7, 11) is 0.574. The van der Waals surface area contributed by atoms with Gasteiger partial charge in [0, 0.05) is 30.8 Å². The Kier molecular flexibility index (Phi) is 7.88. The lowest BCUT2D eigenvalue weighted by atomic mass is 10.1. The van der Waals surface area contributed by atoms with Crippen LogP contribution in [-0.4, -0.2) is 86.7 Å². The molecule has 0 bridgehead atoms. The number of benzene rings is 1. The molecule has 202 valence electrons. The normalized spacial score (nSPS) is 18.2. The van der Waals surface area contributed by atoms with E-state index in [2.05, 4.69) is 20.4 Å². The van der Waals surface area contributed by atoms with Crippen molar-refractivity contribution in [3.8, 4) is 5.75 Å². The van der Waals surface area contributed by atoms with Gasteiger partial charge in [-0.15, -0.1) is 0 Å². The highest BCUT2D eigenvalue weighted by Gasteiger charge is 2.36. The maximum Gasteiger partial charge on any atom is 0.280 e. The standard InChI is InChI=1S/C25H29N5O6S2/c1-30(2)12-14-35-20-9-11-26-24-22(20)27-25(37-24)28-23(31)21(29-36-17-10-13-34-15-17)16-3-5-18(6-4-16)38(32,33)19-7-8-19/h3-6,9,11,17,19H,7-8,10,12-15H2,1-2H3,(H,27,28,31)/b29-21+/t17-/m1/s1. The topological polar surface area (TPSA) is 132 Å². The number of ether oxygens (including phenoxy) is 2. The summed E-state index contributed by atoms with van der Waals surface area (Å²) in [5.74, 6) is 0.0374. The van der Waals surface area contributed by atoms with E-state index < -0.39 is 15.7 Å². The Morgan fingerprint density at radius 1 is 1.21 bits per heavy atom. The smallest absolute Gasteiger partial charge is 0.280 e. The van der Waals surface area contributed by atoms with Crippen molar-refractivity contribution in [2.75, 3.05) is 45.8 Å². The molecule has 1 aliphatic heterocycles. The van der Waals surface area contributed by atoms with Crippen LogP contribution < -0.4 is 10.1 Å². The molecule has 0 spiro atoms. The predicted octanol–water partition coefficient (Wildman–Crippen LogP) is 2.72. The van der Waals surface area contributed by atoms with Crippen molar-refractivity contribution in [3.05, 3.63) is 42.1 Å². The minimum absolute atomic E-state index is 0.00180. The van der Waals surface area contributed by atoms with Gasteiger partial charge in [-0.1, -0.05) is 28.6 Å². The molecule has 0 unspecified atom stereocenters. The van der Waals surface area contributed by atoms with Crippen LogP contribution in [0.1, 0.15) is 24.8 Å². The van der Waals surface area contributed by atoms with Crippen molar-refractivity contribution in [3.63, 3.8) is 0 Å². The van der Waals surface area contributed by atoms with E-state index in [0.717, 1.165) is 6.54 Å². The molecule has 2 fully saturated rings. The Bertz CT molecular complexity index is 1430. The zero-order chi connectivity index (χ0) is 26.7. The number of carbonyl (C=O) groups is 1. The fourth-order valence-corrected chi connectivity index (χ4v) is 6.28. The summed E-state index contributed by atoms with van der Waals surface area (Å²) in [6.45, 7) is 2.17. The highest BCUT2D eigenvalue weighted by molar-refractivity contribution is 7.92. The number of carbonyl (C=O) groups excluding carboxylic acids is 1. The van der Waals surface area contributed by atoms with Gasteiger partial charge in [-0.25, -0.2) is 18.4 Å². The lowest BCUT2D eigenvalue weighted by Gasteiger charge is -2.11. The zero-order valence-corrected chi connectivity index (χ0v) is 22.8. The highest BCUT2D eigenvalue weighted by atomic mass is 32.2. The molecule has 3 aromatic rings. The number of nitrogens with one attached hydrogen (secondary N) is 1. The van der Waals surface area contributed by atoms with Gasteiger partial charge in [-0.2, -0.15) is 0 Å². The third kappa shape index (κ3) is 6.12. The number of nitrogens with zero attached hydrogens (tertiary/aromatic N) is 4. The zero-order valence-electron chi connectivity index (χ0n) is 21.1. The Balaban J connectivity index is 1.37. The van der Waals surface area contributed by atoms with Crippen LogP contribution in [0, 0.1) is 0 Å². The third-order valence-electron chi connectivity index (χ3n) is 6.09. The minimum Gasteiger partial charge on any atom is -0.490 e. The van der Waals surface area contributed by atoms with Crippen LogP contribution in [0.5, 0.6) is 5.75 Å². The number of sulfone groups is 1. The fraction of sp³-hybridized carbons (Fsp3) is 0.440. The average molecular weight is 560 g/mol. The Morgan fingerprint density at radius 3 is 2.68 bits per heavy atom. The van der Waals surface area contributed by atoms with E-state index in [1.807, 2.05) is 19.0 Å². The first-order valence-electron chi connectivity index (χ1n) is 12.3. The number of amides is 1. The predicted molar refractivity (Wildman–Crippen MR) is 144 cm³/mol. The highest BCUT2D eigenvalue weighted by Crippen LogP contribution is 2.34. The summed E-state index contributed by atoms with van der Waals surface area (Å²) in [5.41, 5.74) is 0.976. The molecule has 3 heterocycles. The first-order chi connectivity index (χ1) is 18.3. The van der Waals surface area contributed by atoms with Crippen LogP contribution in [0.4, 0.5) is 5.13 Å². The summed E-state index contributed by atoms with van der Waals surface area (Å²) in [6.07, 6.45) is 3.39. The van der Waals surface area contributed by atoms with E-state index >= 15 is 0 Å². The number of oxime groups is 1. The number of aromatic nitrogens is 2. The van der Waals surface area contributed by atoms with E-state index in [9.17, 15) is 13.2 Å². The molecule has 1 N–H and O–H groups in total. The van der Waals surface area contributed by atoms with Crippen LogP contribution in [-0.2, 0) is 24.2 Å². The largest absolute Gasteiger partial charge is 0.490 e. The molecule has 38 heavy (non-hydrogen) atoms. The van der Waals surface area contributed by atoms with Crippen molar-refractivity contribution in [2.24, 2.45) is 5.16 Å². The van der Waals surface area contributed by atoms with Crippen molar-refractivity contribution in [1.29, 1.82) is 0 Å². The summed E-state index contributed by atoms with van der Waals surface area (Å²) in [4.78, 5) is 30.7. The number of hydrogen-bond acceptors (Lipinski definition) is 11. The molecule has 1 aromatic carbocycles. The second-order valence-electron chi connectivity index (χ2n) is 9.39. The molecule has 13 heteroatoms. The molecular weight excluding hydrogens is 530 g/mol. The molecule has 11 nitrogen and oxygen atoms in total. The van der Waals surface area contributed by atoms with E-state index in [1.165, 1.54) is 23.5 Å². The van der Waals surface area contributed by atoms with Crippen LogP contribution in [0.3, 0.4) is 0 Å². The number of anilines is 1. The lowest BCUT2D eigenvalue weighted by molar-refractivity contribution is -0.110. The van der Waals surface area contributed by atoms with Crippen LogP contribution in [0.25, 0.3) is 10.3 Å². The molecule has 1 saturated carbocycles. The molecule has 5 rings (SSSR count). The maximum atomic E-state index is 13.4. The second-order valence-corrected chi connectivity index (χ2v) is 12.6. The van der Waals surface area contributed by atoms with E-state index in [1.54, 1.807) is 24.4 Å². The van der Waals surface area contributed by atoms with Crippen molar-refractivity contribution in [2.45, 2.75) is 35.5 Å². The van der Waals surface area contributed by atoms with Gasteiger partial charge in [0.25, 0.3) is 5.91 Å². The van der Waals surface area contributed by atoms with Gasteiger partial charge in [0.2, 0.25) is 0 Å². The summed E-state index contributed by atoms with van der Waals surface area (Å²) in [6, 6.07) is 7.88. The van der Waals surface area contributed by atoms with Crippen LogP contribution >= 0.6 is 11.3 Å². The van der Waals surface area contributed by atoms with Gasteiger partial charge in [0.05, 0.1) is 23.4 Å². The molecule has 1 saturated heterocycles. The van der Waals surface area contributed by atoms with Crippen molar-refractivity contribution >= 4 is 48.3 Å². The summed E-state index contributed by atoms with van der Waals surface area (Å²) in [5, 5.41) is 6.94. The third-order valence-corrected chi connectivity index (χ3v) is 9.25. The van der Waals surface area contributed by atoms with Gasteiger partial charge < -0.3 is 19.2 Å². The molecule has 1 amide bonds. The van der Waals surface area contributed by atoms with Gasteiger partial charge in [0.15, 0.2) is 26.8 Å². The average Bonchev–Trinajstić information content (AvgIpc) is 3.48. The van der Waals surface area contributed by atoms with Gasteiger partial charge in [0.1, 0.15) is 22.7 Å². The summed E-state index contributed by atoms with van der Waals surface area (Å²) < 4.78 is 36.4. The molecule has 2 aromatic heterocycles.